The van der Waals surface area contributed by atoms with Crippen LogP contribution in [0.3, 0.4) is 0 Å². The molecule has 1 N–H and O–H groups in total. The first-order valence-corrected chi connectivity index (χ1v) is 11.1. The number of nitrogens with one attached hydrogen (secondary N) is 1. The highest BCUT2D eigenvalue weighted by molar-refractivity contribution is 5.69. The summed E-state index contributed by atoms with van der Waals surface area (Å²) in [6.45, 7) is 11.9. The summed E-state index contributed by atoms with van der Waals surface area (Å²) in [6, 6.07) is 4.97. The lowest BCUT2D eigenvalue weighted by molar-refractivity contribution is 0.0283. The molecule has 4 heterocycles. The fraction of sp³-hybridized carbons (Fsp3) is 0.500. The third-order valence-corrected chi connectivity index (χ3v) is 5.41. The van der Waals surface area contributed by atoms with E-state index in [0.717, 1.165) is 17.0 Å². The maximum Gasteiger partial charge on any atom is 0.410 e. The highest BCUT2D eigenvalue weighted by Crippen LogP contribution is 2.26. The van der Waals surface area contributed by atoms with Crippen LogP contribution in [0.15, 0.2) is 36.8 Å². The highest BCUT2D eigenvalue weighted by atomic mass is 19.1. The molecule has 9 heteroatoms. The number of amides is 1. The Morgan fingerprint density at radius 1 is 1.12 bits per heavy atom. The van der Waals surface area contributed by atoms with Gasteiger partial charge in [0.1, 0.15) is 17.6 Å². The van der Waals surface area contributed by atoms with Gasteiger partial charge in [0.15, 0.2) is 5.65 Å². The second-order valence-corrected chi connectivity index (χ2v) is 10.5. The third kappa shape index (κ3) is 5.07. The Balaban J connectivity index is 1.54. The van der Waals surface area contributed by atoms with Crippen LogP contribution in [0.1, 0.15) is 47.2 Å². The molecule has 0 spiro atoms. The van der Waals surface area contributed by atoms with Gasteiger partial charge in [-0.1, -0.05) is 26.8 Å². The first-order valence-electron chi connectivity index (χ1n) is 11.1. The smallest absolute Gasteiger partial charge is 0.410 e. The van der Waals surface area contributed by atoms with Crippen molar-refractivity contribution in [2.75, 3.05) is 18.4 Å². The molecule has 0 aromatic carbocycles. The Kier molecular flexibility index (Phi) is 5.76. The Hall–Kier alpha value is -3.23. The van der Waals surface area contributed by atoms with Crippen molar-refractivity contribution in [3.63, 3.8) is 0 Å². The van der Waals surface area contributed by atoms with E-state index < -0.39 is 23.9 Å². The van der Waals surface area contributed by atoms with Crippen LogP contribution in [-0.2, 0) is 10.2 Å². The molecule has 0 unspecified atom stereocenters. The predicted octanol–water partition coefficient (Wildman–Crippen LogP) is 4.46. The number of pyridine rings is 1. The van der Waals surface area contributed by atoms with Gasteiger partial charge in [-0.15, -0.1) is 0 Å². The topological polar surface area (TPSA) is 84.6 Å². The first-order chi connectivity index (χ1) is 15.4. The van der Waals surface area contributed by atoms with Crippen LogP contribution in [0.25, 0.3) is 17.0 Å². The summed E-state index contributed by atoms with van der Waals surface area (Å²) in [4.78, 5) is 27.4. The van der Waals surface area contributed by atoms with E-state index >= 15 is 0 Å². The minimum absolute atomic E-state index is 0.0118. The maximum absolute atomic E-state index is 14.7. The lowest BCUT2D eigenvalue weighted by Crippen LogP contribution is -2.36. The average Bonchev–Trinajstić information content (AvgIpc) is 3.29. The number of hydrogen-bond donors (Lipinski definition) is 1. The van der Waals surface area contributed by atoms with Crippen molar-refractivity contribution in [1.82, 2.24) is 24.3 Å². The number of likely N-dealkylation sites (tertiary alicyclic amines) is 1. The van der Waals surface area contributed by atoms with Crippen LogP contribution in [0, 0.1) is 0 Å². The number of carbonyl (C=O) groups excluding carboxylic acids is 1. The number of carbonyl (C=O) groups is 1. The van der Waals surface area contributed by atoms with Gasteiger partial charge in [-0.3, -0.25) is 9.38 Å². The van der Waals surface area contributed by atoms with Crippen LogP contribution < -0.4 is 5.32 Å². The lowest BCUT2D eigenvalue weighted by atomic mass is 9.93. The zero-order valence-electron chi connectivity index (χ0n) is 20.0. The van der Waals surface area contributed by atoms with E-state index in [4.69, 9.17) is 9.72 Å². The van der Waals surface area contributed by atoms with Crippen molar-refractivity contribution < 1.29 is 13.9 Å². The summed E-state index contributed by atoms with van der Waals surface area (Å²) < 4.78 is 22.0. The van der Waals surface area contributed by atoms with Gasteiger partial charge in [0.05, 0.1) is 42.1 Å². The molecule has 1 amide bonds. The molecule has 1 saturated heterocycles. The first kappa shape index (κ1) is 22.9. The van der Waals surface area contributed by atoms with Crippen molar-refractivity contribution in [3.05, 3.63) is 42.5 Å². The summed E-state index contributed by atoms with van der Waals surface area (Å²) in [7, 11) is 0. The minimum Gasteiger partial charge on any atom is -0.444 e. The molecule has 1 aliphatic heterocycles. The monoisotopic (exact) mass is 454 g/mol. The molecule has 4 rings (SSSR count). The normalized spacial score (nSPS) is 19.2. The van der Waals surface area contributed by atoms with E-state index in [9.17, 15) is 9.18 Å². The molecule has 0 saturated carbocycles. The molecular formula is C24H31FN6O2. The van der Waals surface area contributed by atoms with Crippen LogP contribution in [0.4, 0.5) is 15.0 Å². The third-order valence-electron chi connectivity index (χ3n) is 5.41. The van der Waals surface area contributed by atoms with Crippen molar-refractivity contribution in [2.45, 2.75) is 64.8 Å². The number of fused-ring (bicyclic) bond motifs is 1. The van der Waals surface area contributed by atoms with Crippen LogP contribution in [0.5, 0.6) is 0 Å². The molecular weight excluding hydrogens is 423 g/mol. The van der Waals surface area contributed by atoms with Gasteiger partial charge in [-0.05, 0) is 32.9 Å². The van der Waals surface area contributed by atoms with E-state index in [1.807, 2.05) is 22.7 Å². The van der Waals surface area contributed by atoms with E-state index in [0.29, 0.717) is 11.5 Å². The van der Waals surface area contributed by atoms with Crippen molar-refractivity contribution >= 4 is 17.6 Å². The van der Waals surface area contributed by atoms with E-state index in [-0.39, 0.29) is 18.5 Å². The number of halogens is 1. The molecule has 1 fully saturated rings. The molecule has 3 aromatic heterocycles. The van der Waals surface area contributed by atoms with Crippen molar-refractivity contribution in [3.8, 4) is 11.4 Å². The number of hydrogen-bond acceptors (Lipinski definition) is 6. The predicted molar refractivity (Wildman–Crippen MR) is 125 cm³/mol. The van der Waals surface area contributed by atoms with E-state index in [2.05, 4.69) is 36.1 Å². The quantitative estimate of drug-likeness (QED) is 0.629. The van der Waals surface area contributed by atoms with Gasteiger partial charge in [-0.25, -0.2) is 19.2 Å². The molecule has 0 bridgehead atoms. The van der Waals surface area contributed by atoms with Gasteiger partial charge in [0, 0.05) is 18.2 Å². The van der Waals surface area contributed by atoms with Gasteiger partial charge in [-0.2, -0.15) is 0 Å². The number of alkyl halides is 1. The number of imidazole rings is 1. The molecule has 8 nitrogen and oxygen atoms in total. The van der Waals surface area contributed by atoms with Crippen molar-refractivity contribution in [2.24, 2.45) is 0 Å². The Labute approximate surface area is 193 Å². The fourth-order valence-corrected chi connectivity index (χ4v) is 3.69. The Morgan fingerprint density at radius 3 is 2.58 bits per heavy atom. The standard InChI is InChI=1S/C24H31FN6O2/c1-23(2,3)19-14-31-18(10-27-21(31)11-26-19)16-8-7-9-20(28-16)29-17-13-30(12-15(17)25)22(32)33-24(4,5)6/h7-11,14-15,17H,12-13H2,1-6H3,(H,28,29)/t15-,17-/m0/s1. The van der Waals surface area contributed by atoms with E-state index in [1.54, 1.807) is 39.2 Å². The zero-order chi connectivity index (χ0) is 24.0. The number of anilines is 1. The molecule has 176 valence electrons. The average molecular weight is 455 g/mol. The zero-order valence-corrected chi connectivity index (χ0v) is 20.0. The highest BCUT2D eigenvalue weighted by Gasteiger charge is 2.37. The van der Waals surface area contributed by atoms with Gasteiger partial charge >= 0.3 is 6.09 Å². The summed E-state index contributed by atoms with van der Waals surface area (Å²) in [5.74, 6) is 0.534. The summed E-state index contributed by atoms with van der Waals surface area (Å²) in [6.07, 6.45) is 3.76. The van der Waals surface area contributed by atoms with Gasteiger partial charge < -0.3 is 15.0 Å². The molecule has 0 radical (unpaired) electrons. The largest absolute Gasteiger partial charge is 0.444 e. The summed E-state index contributed by atoms with van der Waals surface area (Å²) in [5, 5.41) is 3.15. The maximum atomic E-state index is 14.7. The second-order valence-electron chi connectivity index (χ2n) is 10.5. The van der Waals surface area contributed by atoms with Crippen LogP contribution in [0.2, 0.25) is 0 Å². The lowest BCUT2D eigenvalue weighted by Gasteiger charge is -2.24. The fourth-order valence-electron chi connectivity index (χ4n) is 3.69. The minimum atomic E-state index is -1.22. The number of aromatic nitrogens is 4. The van der Waals surface area contributed by atoms with Gasteiger partial charge in [0.25, 0.3) is 0 Å². The number of nitrogens with zero attached hydrogens (tertiary/aromatic N) is 5. The van der Waals surface area contributed by atoms with Gasteiger partial charge in [0.2, 0.25) is 0 Å². The van der Waals surface area contributed by atoms with Crippen LogP contribution >= 0.6 is 0 Å². The SMILES string of the molecule is CC(C)(C)OC(=O)N1C[C@H](Nc2cccc(-c3cnc4cnc(C(C)(C)C)cn34)n2)[C@@H](F)C1. The van der Waals surface area contributed by atoms with Crippen molar-refractivity contribution in [1.29, 1.82) is 0 Å². The molecule has 2 atom stereocenters. The van der Waals surface area contributed by atoms with Crippen LogP contribution in [-0.4, -0.2) is 61.2 Å². The molecule has 3 aromatic rings. The number of ether oxygens (including phenoxy) is 1. The molecule has 1 aliphatic rings. The molecule has 33 heavy (non-hydrogen) atoms. The number of rotatable bonds is 3. The van der Waals surface area contributed by atoms with E-state index in [1.165, 1.54) is 4.90 Å². The Morgan fingerprint density at radius 2 is 1.88 bits per heavy atom. The second kappa shape index (κ2) is 8.28. The Bertz CT molecular complexity index is 1160. The molecule has 0 aliphatic carbocycles. The summed E-state index contributed by atoms with van der Waals surface area (Å²) >= 11 is 0. The summed E-state index contributed by atoms with van der Waals surface area (Å²) in [5.41, 5.74) is 2.46.